The van der Waals surface area contributed by atoms with E-state index in [-0.39, 0.29) is 12.0 Å². The lowest BCUT2D eigenvalue weighted by Gasteiger charge is -2.24. The molecule has 0 bridgehead atoms. The number of rotatable bonds is 10. The van der Waals surface area contributed by atoms with Gasteiger partial charge in [-0.05, 0) is 62.6 Å². The molecule has 1 atom stereocenters. The maximum Gasteiger partial charge on any atom is 0.410 e. The van der Waals surface area contributed by atoms with Gasteiger partial charge < -0.3 is 23.8 Å². The molecule has 0 N–H and O–H groups in total. The van der Waals surface area contributed by atoms with Crippen LogP contribution in [0, 0.1) is 5.92 Å². The summed E-state index contributed by atoms with van der Waals surface area (Å²) in [5, 5.41) is 5.80. The van der Waals surface area contributed by atoms with Gasteiger partial charge in [-0.2, -0.15) is 10.1 Å². The number of aromatic nitrogens is 3. The molecule has 46 heavy (non-hydrogen) atoms. The molecular weight excluding hydrogens is 580 g/mol. The SMILES string of the molecule is Cn1nc(-c2ccc(OCc3ccccc3)nc2OCc2ccccc2)c2cc(OC[C@@H]3CCN(C(=O)OC(C)(C)C)C3)ccc21. The molecule has 1 aliphatic heterocycles. The lowest BCUT2D eigenvalue weighted by molar-refractivity contribution is 0.0284. The van der Waals surface area contributed by atoms with Crippen molar-refractivity contribution in [3.8, 4) is 28.8 Å². The van der Waals surface area contributed by atoms with Crippen molar-refractivity contribution in [1.82, 2.24) is 19.7 Å². The second-order valence-electron chi connectivity index (χ2n) is 12.6. The number of carbonyl (C=O) groups excluding carboxylic acids is 1. The van der Waals surface area contributed by atoms with Crippen LogP contribution in [0.2, 0.25) is 0 Å². The number of amides is 1. The maximum atomic E-state index is 12.5. The second kappa shape index (κ2) is 13.5. The molecule has 2 aromatic heterocycles. The van der Waals surface area contributed by atoms with E-state index in [4.69, 9.17) is 29.0 Å². The zero-order valence-electron chi connectivity index (χ0n) is 26.8. The van der Waals surface area contributed by atoms with Crippen LogP contribution >= 0.6 is 0 Å². The van der Waals surface area contributed by atoms with Crippen molar-refractivity contribution >= 4 is 17.0 Å². The molecule has 0 unspecified atom stereocenters. The summed E-state index contributed by atoms with van der Waals surface area (Å²) < 4.78 is 26.0. The van der Waals surface area contributed by atoms with E-state index in [1.54, 1.807) is 4.90 Å². The van der Waals surface area contributed by atoms with Crippen molar-refractivity contribution in [2.45, 2.75) is 46.0 Å². The average Bonchev–Trinajstić information content (AvgIpc) is 3.66. The molecule has 0 aliphatic carbocycles. The Labute approximate surface area is 269 Å². The second-order valence-corrected chi connectivity index (χ2v) is 12.6. The fourth-order valence-electron chi connectivity index (χ4n) is 5.46. The third-order valence-electron chi connectivity index (χ3n) is 7.78. The molecule has 238 valence electrons. The Morgan fingerprint density at radius 1 is 0.870 bits per heavy atom. The summed E-state index contributed by atoms with van der Waals surface area (Å²) in [4.78, 5) is 19.1. The number of carbonyl (C=O) groups is 1. The van der Waals surface area contributed by atoms with Crippen molar-refractivity contribution in [3.63, 3.8) is 0 Å². The van der Waals surface area contributed by atoms with Gasteiger partial charge in [0.05, 0.1) is 17.7 Å². The topological polar surface area (TPSA) is 87.9 Å². The molecule has 1 saturated heterocycles. The van der Waals surface area contributed by atoms with Crippen molar-refractivity contribution in [2.24, 2.45) is 13.0 Å². The number of ether oxygens (including phenoxy) is 4. The zero-order chi connectivity index (χ0) is 32.1. The number of fused-ring (bicyclic) bond motifs is 1. The summed E-state index contributed by atoms with van der Waals surface area (Å²) >= 11 is 0. The lowest BCUT2D eigenvalue weighted by atomic mass is 10.1. The van der Waals surface area contributed by atoms with E-state index in [0.29, 0.717) is 44.7 Å². The first-order chi connectivity index (χ1) is 22.2. The van der Waals surface area contributed by atoms with Gasteiger partial charge in [0.1, 0.15) is 30.3 Å². The lowest BCUT2D eigenvalue weighted by Crippen LogP contribution is -2.35. The summed E-state index contributed by atoms with van der Waals surface area (Å²) in [6.07, 6.45) is 0.596. The largest absolute Gasteiger partial charge is 0.493 e. The van der Waals surface area contributed by atoms with Gasteiger partial charge in [-0.15, -0.1) is 0 Å². The molecule has 0 spiro atoms. The van der Waals surface area contributed by atoms with Gasteiger partial charge in [0.2, 0.25) is 11.8 Å². The quantitative estimate of drug-likeness (QED) is 0.160. The van der Waals surface area contributed by atoms with Crippen molar-refractivity contribution in [3.05, 3.63) is 102 Å². The number of aryl methyl sites for hydroxylation is 1. The summed E-state index contributed by atoms with van der Waals surface area (Å²) in [6, 6.07) is 29.8. The minimum atomic E-state index is -0.514. The summed E-state index contributed by atoms with van der Waals surface area (Å²) in [5.41, 5.74) is 4.03. The number of pyridine rings is 1. The van der Waals surface area contributed by atoms with Gasteiger partial charge in [-0.3, -0.25) is 4.68 Å². The Bertz CT molecular complexity index is 1780. The Morgan fingerprint density at radius 2 is 1.57 bits per heavy atom. The maximum absolute atomic E-state index is 12.5. The van der Waals surface area contributed by atoms with Gasteiger partial charge in [0.25, 0.3) is 0 Å². The van der Waals surface area contributed by atoms with Crippen LogP contribution in [0.4, 0.5) is 4.79 Å². The van der Waals surface area contributed by atoms with Crippen LogP contribution in [0.25, 0.3) is 22.2 Å². The number of hydrogen-bond donors (Lipinski definition) is 0. The zero-order valence-corrected chi connectivity index (χ0v) is 26.8. The first kappa shape index (κ1) is 31.0. The number of benzene rings is 3. The van der Waals surface area contributed by atoms with Crippen LogP contribution in [0.15, 0.2) is 91.0 Å². The normalized spacial score (nSPS) is 14.8. The summed E-state index contributed by atoms with van der Waals surface area (Å²) in [7, 11) is 1.92. The minimum Gasteiger partial charge on any atom is -0.493 e. The van der Waals surface area contributed by atoms with Gasteiger partial charge >= 0.3 is 6.09 Å². The molecule has 5 aromatic rings. The highest BCUT2D eigenvalue weighted by atomic mass is 16.6. The Balaban J connectivity index is 1.22. The highest BCUT2D eigenvalue weighted by molar-refractivity contribution is 5.95. The van der Waals surface area contributed by atoms with Crippen molar-refractivity contribution < 1.29 is 23.7 Å². The molecule has 1 fully saturated rings. The predicted molar refractivity (Wildman–Crippen MR) is 177 cm³/mol. The van der Waals surface area contributed by atoms with Gasteiger partial charge in [-0.25, -0.2) is 4.79 Å². The smallest absolute Gasteiger partial charge is 0.410 e. The van der Waals surface area contributed by atoms with Crippen LogP contribution in [0.5, 0.6) is 17.5 Å². The van der Waals surface area contributed by atoms with E-state index < -0.39 is 5.60 Å². The van der Waals surface area contributed by atoms with Crippen LogP contribution in [0.3, 0.4) is 0 Å². The number of likely N-dealkylation sites (tertiary alicyclic amines) is 1. The Kier molecular flexibility index (Phi) is 9.10. The minimum absolute atomic E-state index is 0.224. The van der Waals surface area contributed by atoms with E-state index in [9.17, 15) is 4.79 Å². The van der Waals surface area contributed by atoms with E-state index in [1.807, 2.05) is 123 Å². The Morgan fingerprint density at radius 3 is 2.26 bits per heavy atom. The highest BCUT2D eigenvalue weighted by Gasteiger charge is 2.30. The van der Waals surface area contributed by atoms with Crippen molar-refractivity contribution in [1.29, 1.82) is 0 Å². The first-order valence-electron chi connectivity index (χ1n) is 15.6. The van der Waals surface area contributed by atoms with Crippen LogP contribution < -0.4 is 14.2 Å². The molecule has 6 rings (SSSR count). The molecule has 0 radical (unpaired) electrons. The molecule has 3 heterocycles. The van der Waals surface area contributed by atoms with Gasteiger partial charge in [-0.1, -0.05) is 60.7 Å². The first-order valence-corrected chi connectivity index (χ1v) is 15.6. The standard InChI is InChI=1S/C37H40N4O5/c1-37(2,3)46-36(42)41-20-19-28(22-41)25-43-29-15-17-32-31(21-29)34(39-40(32)4)30-16-18-33(44-23-26-11-7-5-8-12-26)38-35(30)45-24-27-13-9-6-10-14-27/h5-18,21,28H,19-20,22-25H2,1-4H3/t28-/m1/s1. The fourth-order valence-corrected chi connectivity index (χ4v) is 5.46. The number of hydrogen-bond acceptors (Lipinski definition) is 7. The van der Waals surface area contributed by atoms with E-state index >= 15 is 0 Å². The van der Waals surface area contributed by atoms with Gasteiger partial charge in [0.15, 0.2) is 0 Å². The molecule has 1 amide bonds. The fraction of sp³-hybridized carbons (Fsp3) is 0.324. The van der Waals surface area contributed by atoms with Gasteiger partial charge in [0, 0.05) is 37.5 Å². The van der Waals surface area contributed by atoms with E-state index in [2.05, 4.69) is 0 Å². The van der Waals surface area contributed by atoms with Crippen LogP contribution in [-0.4, -0.2) is 51.1 Å². The van der Waals surface area contributed by atoms with Crippen LogP contribution in [-0.2, 0) is 25.0 Å². The van der Waals surface area contributed by atoms with E-state index in [1.165, 1.54) is 0 Å². The highest BCUT2D eigenvalue weighted by Crippen LogP contribution is 2.37. The average molecular weight is 621 g/mol. The monoisotopic (exact) mass is 620 g/mol. The van der Waals surface area contributed by atoms with Crippen molar-refractivity contribution in [2.75, 3.05) is 19.7 Å². The Hall–Kier alpha value is -5.05. The summed E-state index contributed by atoms with van der Waals surface area (Å²) in [6.45, 7) is 8.17. The molecule has 1 aliphatic rings. The summed E-state index contributed by atoms with van der Waals surface area (Å²) in [5.74, 6) is 1.87. The predicted octanol–water partition coefficient (Wildman–Crippen LogP) is 7.43. The molecule has 3 aromatic carbocycles. The van der Waals surface area contributed by atoms with E-state index in [0.717, 1.165) is 45.5 Å². The molecule has 0 saturated carbocycles. The third kappa shape index (κ3) is 7.59. The van der Waals surface area contributed by atoms with Crippen LogP contribution in [0.1, 0.15) is 38.3 Å². The third-order valence-corrected chi connectivity index (χ3v) is 7.78. The molecule has 9 heteroatoms. The number of nitrogens with zero attached hydrogens (tertiary/aromatic N) is 4. The molecular formula is C37H40N4O5. The molecule has 9 nitrogen and oxygen atoms in total.